The zero-order chi connectivity index (χ0) is 17.9. The number of benzene rings is 1. The number of ether oxygens (including phenoxy) is 2. The molecule has 2 unspecified atom stereocenters. The largest absolute Gasteiger partial charge is 0.468 e. The van der Waals surface area contributed by atoms with Gasteiger partial charge in [-0.1, -0.05) is 18.1 Å². The third-order valence-corrected chi connectivity index (χ3v) is 4.10. The molecule has 0 aromatic heterocycles. The molecule has 0 amide bonds. The Hall–Kier alpha value is -2.87. The topological polar surface area (TPSA) is 65.0 Å². The maximum Gasteiger partial charge on any atom is 0.336 e. The van der Waals surface area contributed by atoms with Gasteiger partial charge < -0.3 is 9.47 Å². The minimum atomic E-state index is -0.708. The lowest BCUT2D eigenvalue weighted by molar-refractivity contribution is -0.143. The summed E-state index contributed by atoms with van der Waals surface area (Å²) in [5.74, 6) is 0.322. The van der Waals surface area contributed by atoms with Gasteiger partial charge >= 0.3 is 11.9 Å². The van der Waals surface area contributed by atoms with Crippen molar-refractivity contribution in [3.05, 3.63) is 46.7 Å². The highest BCUT2D eigenvalue weighted by atomic mass is 16.5. The highest BCUT2D eigenvalue weighted by Gasteiger charge is 2.42. The van der Waals surface area contributed by atoms with Crippen LogP contribution in [0.15, 0.2) is 40.5 Å². The SMILES string of the molecule is C#Cc1cccc(C2C(C(=O)OC)=C(C)N=C(C)C2C(=O)OC)c1. The van der Waals surface area contributed by atoms with Crippen LogP contribution >= 0.6 is 0 Å². The van der Waals surface area contributed by atoms with Crippen LogP contribution in [0.3, 0.4) is 0 Å². The third-order valence-electron chi connectivity index (χ3n) is 4.10. The third kappa shape index (κ3) is 3.09. The van der Waals surface area contributed by atoms with Gasteiger partial charge in [-0.3, -0.25) is 9.79 Å². The number of carbonyl (C=O) groups is 2. The summed E-state index contributed by atoms with van der Waals surface area (Å²) in [6.45, 7) is 3.47. The van der Waals surface area contributed by atoms with Crippen LogP contribution in [-0.2, 0) is 19.1 Å². The molecule has 1 aliphatic rings. The maximum absolute atomic E-state index is 12.4. The molecule has 0 radical (unpaired) electrons. The van der Waals surface area contributed by atoms with Crippen LogP contribution in [0.4, 0.5) is 0 Å². The van der Waals surface area contributed by atoms with Crippen LogP contribution in [-0.4, -0.2) is 31.9 Å². The van der Waals surface area contributed by atoms with Crippen LogP contribution in [0.2, 0.25) is 0 Å². The fourth-order valence-electron chi connectivity index (χ4n) is 3.03. The molecule has 2 rings (SSSR count). The van der Waals surface area contributed by atoms with E-state index >= 15 is 0 Å². The molecule has 0 aliphatic carbocycles. The zero-order valence-electron chi connectivity index (χ0n) is 14.1. The van der Waals surface area contributed by atoms with E-state index in [-0.39, 0.29) is 0 Å². The first-order chi connectivity index (χ1) is 11.4. The molecule has 0 N–H and O–H groups in total. The first-order valence-electron chi connectivity index (χ1n) is 7.43. The second-order valence-electron chi connectivity index (χ2n) is 5.49. The number of esters is 2. The lowest BCUT2D eigenvalue weighted by Crippen LogP contribution is -2.36. The minimum Gasteiger partial charge on any atom is -0.468 e. The second-order valence-corrected chi connectivity index (χ2v) is 5.49. The van der Waals surface area contributed by atoms with Crippen molar-refractivity contribution in [2.24, 2.45) is 10.9 Å². The normalized spacial score (nSPS) is 20.0. The van der Waals surface area contributed by atoms with Crippen molar-refractivity contribution in [1.82, 2.24) is 0 Å². The fraction of sp³-hybridized carbons (Fsp3) is 0.316. The van der Waals surface area contributed by atoms with Gasteiger partial charge in [-0.2, -0.15) is 0 Å². The van der Waals surface area contributed by atoms with E-state index in [1.165, 1.54) is 14.2 Å². The number of methoxy groups -OCH3 is 2. The molecule has 2 atom stereocenters. The van der Waals surface area contributed by atoms with E-state index in [4.69, 9.17) is 15.9 Å². The van der Waals surface area contributed by atoms with Crippen molar-refractivity contribution >= 4 is 17.7 Å². The average Bonchev–Trinajstić information content (AvgIpc) is 2.59. The van der Waals surface area contributed by atoms with Crippen LogP contribution in [0, 0.1) is 18.3 Å². The Morgan fingerprint density at radius 1 is 1.21 bits per heavy atom. The molecule has 0 bridgehead atoms. The fourth-order valence-corrected chi connectivity index (χ4v) is 3.03. The number of hydrogen-bond donors (Lipinski definition) is 0. The standard InChI is InChI=1S/C19H19NO4/c1-6-13-8-7-9-14(10-13)17-15(18(21)23-4)11(2)20-12(3)16(17)19(22)24-5/h1,7-10,15,17H,2-5H3. The molecular formula is C19H19NO4. The smallest absolute Gasteiger partial charge is 0.336 e. The summed E-state index contributed by atoms with van der Waals surface area (Å²) in [7, 11) is 2.61. The minimum absolute atomic E-state index is 0.340. The lowest BCUT2D eigenvalue weighted by atomic mass is 9.75. The highest BCUT2D eigenvalue weighted by molar-refractivity contribution is 6.06. The molecule has 1 aromatic rings. The van der Waals surface area contributed by atoms with E-state index in [0.29, 0.717) is 22.5 Å². The molecule has 124 valence electrons. The maximum atomic E-state index is 12.4. The summed E-state index contributed by atoms with van der Waals surface area (Å²) in [5, 5.41) is 0. The Bertz CT molecular complexity index is 783. The van der Waals surface area contributed by atoms with Gasteiger partial charge in [-0.05, 0) is 31.5 Å². The van der Waals surface area contributed by atoms with E-state index in [1.807, 2.05) is 6.07 Å². The molecule has 5 nitrogen and oxygen atoms in total. The summed E-state index contributed by atoms with van der Waals surface area (Å²) in [6.07, 6.45) is 5.48. The van der Waals surface area contributed by atoms with Crippen LogP contribution < -0.4 is 0 Å². The van der Waals surface area contributed by atoms with E-state index in [1.54, 1.807) is 32.0 Å². The molecule has 0 spiro atoms. The lowest BCUT2D eigenvalue weighted by Gasteiger charge is -2.31. The Morgan fingerprint density at radius 3 is 2.50 bits per heavy atom. The van der Waals surface area contributed by atoms with Crippen molar-refractivity contribution in [2.75, 3.05) is 14.2 Å². The van der Waals surface area contributed by atoms with Gasteiger partial charge in [-0.25, -0.2) is 4.79 Å². The monoisotopic (exact) mass is 325 g/mol. The number of carbonyl (C=O) groups excluding carboxylic acids is 2. The van der Waals surface area contributed by atoms with Crippen LogP contribution in [0.5, 0.6) is 0 Å². The molecular weight excluding hydrogens is 306 g/mol. The predicted molar refractivity (Wildman–Crippen MR) is 90.4 cm³/mol. The number of terminal acetylenes is 1. The molecule has 1 heterocycles. The number of nitrogens with zero attached hydrogens (tertiary/aromatic N) is 1. The van der Waals surface area contributed by atoms with Gasteiger partial charge in [0.05, 0.1) is 19.8 Å². The van der Waals surface area contributed by atoms with Gasteiger partial charge in [0.15, 0.2) is 0 Å². The van der Waals surface area contributed by atoms with Gasteiger partial charge in [-0.15, -0.1) is 6.42 Å². The van der Waals surface area contributed by atoms with Crippen LogP contribution in [0.1, 0.15) is 30.9 Å². The molecule has 5 heteroatoms. The Morgan fingerprint density at radius 2 is 1.92 bits per heavy atom. The Kier molecular flexibility index (Phi) is 5.20. The van der Waals surface area contributed by atoms with Gasteiger partial charge in [0.2, 0.25) is 0 Å². The first kappa shape index (κ1) is 17.5. The van der Waals surface area contributed by atoms with E-state index in [0.717, 1.165) is 5.56 Å². The molecule has 0 fully saturated rings. The summed E-state index contributed by atoms with van der Waals surface area (Å²) >= 11 is 0. The first-order valence-corrected chi connectivity index (χ1v) is 7.43. The number of allylic oxidation sites excluding steroid dienone is 1. The molecule has 1 aliphatic heterocycles. The number of hydrogen-bond acceptors (Lipinski definition) is 5. The van der Waals surface area contributed by atoms with Crippen molar-refractivity contribution in [1.29, 1.82) is 0 Å². The van der Waals surface area contributed by atoms with E-state index in [2.05, 4.69) is 10.9 Å². The quantitative estimate of drug-likeness (QED) is 0.632. The summed E-state index contributed by atoms with van der Waals surface area (Å²) in [6, 6.07) is 7.20. The van der Waals surface area contributed by atoms with Gasteiger partial charge in [0.1, 0.15) is 5.92 Å². The molecule has 1 aromatic carbocycles. The summed E-state index contributed by atoms with van der Waals surface area (Å²) in [5.41, 5.74) is 2.86. The molecule has 0 saturated carbocycles. The molecule has 24 heavy (non-hydrogen) atoms. The van der Waals surface area contributed by atoms with Gasteiger partial charge in [0.25, 0.3) is 0 Å². The van der Waals surface area contributed by atoms with Crippen LogP contribution in [0.25, 0.3) is 0 Å². The predicted octanol–water partition coefficient (Wildman–Crippen LogP) is 2.46. The Labute approximate surface area is 141 Å². The van der Waals surface area contributed by atoms with Gasteiger partial charge in [0, 0.05) is 22.9 Å². The van der Waals surface area contributed by atoms with E-state index in [9.17, 15) is 9.59 Å². The molecule has 0 saturated heterocycles. The van der Waals surface area contributed by atoms with Crippen molar-refractivity contribution in [3.63, 3.8) is 0 Å². The number of aliphatic imine (C=N–C) groups is 1. The number of rotatable bonds is 3. The van der Waals surface area contributed by atoms with Crippen molar-refractivity contribution in [3.8, 4) is 12.3 Å². The zero-order valence-corrected chi connectivity index (χ0v) is 14.1. The second kappa shape index (κ2) is 7.14. The Balaban J connectivity index is 2.70. The summed E-state index contributed by atoms with van der Waals surface area (Å²) in [4.78, 5) is 29.1. The van der Waals surface area contributed by atoms with E-state index < -0.39 is 23.8 Å². The van der Waals surface area contributed by atoms with Crippen molar-refractivity contribution < 1.29 is 19.1 Å². The average molecular weight is 325 g/mol. The summed E-state index contributed by atoms with van der Waals surface area (Å²) < 4.78 is 9.84. The highest BCUT2D eigenvalue weighted by Crippen LogP contribution is 2.40. The van der Waals surface area contributed by atoms with Crippen molar-refractivity contribution in [2.45, 2.75) is 19.8 Å².